The minimum atomic E-state index is -4.54. The van der Waals surface area contributed by atoms with Crippen LogP contribution in [-0.2, 0) is 11.0 Å². The molecule has 3 rings (SSSR count). The zero-order valence-electron chi connectivity index (χ0n) is 12.4. The summed E-state index contributed by atoms with van der Waals surface area (Å²) in [6, 6.07) is 0.0271. The third kappa shape index (κ3) is 3.36. The Morgan fingerprint density at radius 2 is 2.13 bits per heavy atom. The van der Waals surface area contributed by atoms with Gasteiger partial charge in [-0.15, -0.1) is 10.2 Å². The van der Waals surface area contributed by atoms with E-state index in [1.165, 1.54) is 25.2 Å². The number of halogens is 3. The van der Waals surface area contributed by atoms with Crippen LogP contribution in [0.4, 0.5) is 18.3 Å². The SMILES string of the molecule is Cc1cc(C(F)(F)F)nn1[C@@H](C)C(=O)Nc1nnc(C2CC2)s1. The van der Waals surface area contributed by atoms with Crippen LogP contribution in [0.3, 0.4) is 0 Å². The van der Waals surface area contributed by atoms with Crippen molar-refractivity contribution in [2.75, 3.05) is 5.32 Å². The van der Waals surface area contributed by atoms with Gasteiger partial charge < -0.3 is 0 Å². The van der Waals surface area contributed by atoms with Gasteiger partial charge in [0.2, 0.25) is 5.13 Å². The monoisotopic (exact) mass is 345 g/mol. The van der Waals surface area contributed by atoms with E-state index in [0.29, 0.717) is 11.0 Å². The number of nitrogens with one attached hydrogen (secondary N) is 1. The fourth-order valence-corrected chi connectivity index (χ4v) is 3.04. The highest BCUT2D eigenvalue weighted by molar-refractivity contribution is 7.15. The third-order valence-electron chi connectivity index (χ3n) is 3.56. The van der Waals surface area contributed by atoms with Gasteiger partial charge in [-0.25, -0.2) is 0 Å². The summed E-state index contributed by atoms with van der Waals surface area (Å²) in [5.41, 5.74) is -0.752. The molecule has 1 fully saturated rings. The van der Waals surface area contributed by atoms with Gasteiger partial charge in [0.25, 0.3) is 5.91 Å². The molecule has 2 heterocycles. The fraction of sp³-hybridized carbons (Fsp3) is 0.538. The molecule has 0 aliphatic heterocycles. The van der Waals surface area contributed by atoms with Crippen molar-refractivity contribution in [3.63, 3.8) is 0 Å². The number of hydrogen-bond acceptors (Lipinski definition) is 5. The molecule has 23 heavy (non-hydrogen) atoms. The lowest BCUT2D eigenvalue weighted by Gasteiger charge is -2.13. The number of carbonyl (C=O) groups excluding carboxylic acids is 1. The Kier molecular flexibility index (Phi) is 3.86. The first-order valence-electron chi connectivity index (χ1n) is 7.03. The molecule has 6 nitrogen and oxygen atoms in total. The largest absolute Gasteiger partial charge is 0.435 e. The Labute approximate surface area is 133 Å². The number of alkyl halides is 3. The van der Waals surface area contributed by atoms with Gasteiger partial charge >= 0.3 is 6.18 Å². The zero-order valence-corrected chi connectivity index (χ0v) is 13.2. The van der Waals surface area contributed by atoms with Gasteiger partial charge in [0, 0.05) is 11.6 Å². The molecule has 124 valence electrons. The van der Waals surface area contributed by atoms with Crippen LogP contribution in [0.25, 0.3) is 0 Å². The molecule has 10 heteroatoms. The van der Waals surface area contributed by atoms with Crippen molar-refractivity contribution in [1.29, 1.82) is 0 Å². The quantitative estimate of drug-likeness (QED) is 0.924. The lowest BCUT2D eigenvalue weighted by atomic mass is 10.3. The molecular formula is C13H14F3N5OS. The van der Waals surface area contributed by atoms with Crippen molar-refractivity contribution >= 4 is 22.4 Å². The minimum Gasteiger partial charge on any atom is -0.299 e. The summed E-state index contributed by atoms with van der Waals surface area (Å²) in [6.07, 6.45) is -2.39. The van der Waals surface area contributed by atoms with Crippen LogP contribution in [0.5, 0.6) is 0 Å². The average molecular weight is 345 g/mol. The van der Waals surface area contributed by atoms with Gasteiger partial charge in [-0.2, -0.15) is 18.3 Å². The van der Waals surface area contributed by atoms with Crippen LogP contribution >= 0.6 is 11.3 Å². The first-order chi connectivity index (χ1) is 10.8. The Bertz CT molecular complexity index is 734. The second-order valence-corrected chi connectivity index (χ2v) is 6.51. The van der Waals surface area contributed by atoms with Gasteiger partial charge in [0.1, 0.15) is 11.0 Å². The maximum Gasteiger partial charge on any atom is 0.435 e. The molecule has 1 saturated carbocycles. The van der Waals surface area contributed by atoms with Gasteiger partial charge in [-0.1, -0.05) is 11.3 Å². The van der Waals surface area contributed by atoms with Gasteiger partial charge in [-0.05, 0) is 32.8 Å². The Morgan fingerprint density at radius 1 is 1.43 bits per heavy atom. The first kappa shape index (κ1) is 15.9. The molecule has 0 spiro atoms. The van der Waals surface area contributed by atoms with Gasteiger partial charge in [0.05, 0.1) is 0 Å². The molecule has 1 N–H and O–H groups in total. The molecule has 1 amide bonds. The van der Waals surface area contributed by atoms with E-state index in [0.717, 1.165) is 28.6 Å². The number of amides is 1. The molecule has 0 unspecified atom stereocenters. The lowest BCUT2D eigenvalue weighted by molar-refractivity contribution is -0.141. The molecule has 2 aromatic rings. The second-order valence-electron chi connectivity index (χ2n) is 5.50. The highest BCUT2D eigenvalue weighted by atomic mass is 32.1. The molecule has 0 aromatic carbocycles. The molecule has 1 aliphatic carbocycles. The van der Waals surface area contributed by atoms with Crippen LogP contribution < -0.4 is 5.32 Å². The minimum absolute atomic E-state index is 0.260. The number of hydrogen-bond donors (Lipinski definition) is 1. The van der Waals surface area contributed by atoms with Gasteiger partial charge in [-0.3, -0.25) is 14.8 Å². The zero-order chi connectivity index (χ0) is 16.8. The van der Waals surface area contributed by atoms with Gasteiger partial charge in [0.15, 0.2) is 5.69 Å². The van der Waals surface area contributed by atoms with Crippen molar-refractivity contribution in [2.24, 2.45) is 0 Å². The predicted octanol–water partition coefficient (Wildman–Crippen LogP) is 3.14. The highest BCUT2D eigenvalue weighted by Gasteiger charge is 2.35. The highest BCUT2D eigenvalue weighted by Crippen LogP contribution is 2.42. The van der Waals surface area contributed by atoms with Crippen molar-refractivity contribution in [3.8, 4) is 0 Å². The molecular weight excluding hydrogens is 331 g/mol. The molecule has 1 atom stereocenters. The summed E-state index contributed by atoms with van der Waals surface area (Å²) in [4.78, 5) is 12.2. The van der Waals surface area contributed by atoms with E-state index in [4.69, 9.17) is 0 Å². The number of nitrogens with zero attached hydrogens (tertiary/aromatic N) is 4. The topological polar surface area (TPSA) is 72.7 Å². The third-order valence-corrected chi connectivity index (χ3v) is 4.56. The standard InChI is InChI=1S/C13H14F3N5OS/c1-6-5-9(13(14,15)16)20-21(6)7(2)10(22)17-12-19-18-11(23-12)8-3-4-8/h5,7-8H,3-4H2,1-2H3,(H,17,19,22)/t7-/m0/s1. The predicted molar refractivity (Wildman–Crippen MR) is 77.2 cm³/mol. The van der Waals surface area contributed by atoms with E-state index in [2.05, 4.69) is 20.6 Å². The van der Waals surface area contributed by atoms with Crippen molar-refractivity contribution in [3.05, 3.63) is 22.5 Å². The van der Waals surface area contributed by atoms with E-state index in [-0.39, 0.29) is 5.69 Å². The van der Waals surface area contributed by atoms with Crippen molar-refractivity contribution < 1.29 is 18.0 Å². The van der Waals surface area contributed by atoms with E-state index in [1.54, 1.807) is 0 Å². The van der Waals surface area contributed by atoms with Crippen LogP contribution in [0, 0.1) is 6.92 Å². The van der Waals surface area contributed by atoms with Crippen LogP contribution in [0.2, 0.25) is 0 Å². The number of anilines is 1. The summed E-state index contributed by atoms with van der Waals surface area (Å²) in [5.74, 6) is -0.0540. The van der Waals surface area contributed by atoms with Crippen molar-refractivity contribution in [1.82, 2.24) is 20.0 Å². The van der Waals surface area contributed by atoms with E-state index < -0.39 is 23.8 Å². The van der Waals surface area contributed by atoms with Crippen molar-refractivity contribution in [2.45, 2.75) is 44.8 Å². The lowest BCUT2D eigenvalue weighted by Crippen LogP contribution is -2.25. The smallest absolute Gasteiger partial charge is 0.299 e. The summed E-state index contributed by atoms with van der Waals surface area (Å²) in [6.45, 7) is 2.96. The number of aryl methyl sites for hydroxylation is 1. The van der Waals surface area contributed by atoms with E-state index in [1.807, 2.05) is 0 Å². The molecule has 0 bridgehead atoms. The Hall–Kier alpha value is -1.97. The first-order valence-corrected chi connectivity index (χ1v) is 7.85. The molecule has 2 aromatic heterocycles. The molecule has 0 saturated heterocycles. The summed E-state index contributed by atoms with van der Waals surface area (Å²) < 4.78 is 39.1. The molecule has 1 aliphatic rings. The number of rotatable bonds is 4. The Balaban J connectivity index is 1.72. The van der Waals surface area contributed by atoms with E-state index in [9.17, 15) is 18.0 Å². The fourth-order valence-electron chi connectivity index (χ4n) is 2.12. The van der Waals surface area contributed by atoms with E-state index >= 15 is 0 Å². The number of aromatic nitrogens is 4. The normalized spacial score (nSPS) is 16.4. The van der Waals surface area contributed by atoms with Crippen LogP contribution in [0.1, 0.15) is 48.1 Å². The van der Waals surface area contributed by atoms with Crippen LogP contribution in [0.15, 0.2) is 6.07 Å². The maximum absolute atomic E-state index is 12.7. The summed E-state index contributed by atoms with van der Waals surface area (Å²) in [7, 11) is 0. The number of carbonyl (C=O) groups is 1. The summed E-state index contributed by atoms with van der Waals surface area (Å²) in [5, 5.41) is 15.2. The maximum atomic E-state index is 12.7. The van der Waals surface area contributed by atoms with Crippen LogP contribution in [-0.4, -0.2) is 25.9 Å². The molecule has 0 radical (unpaired) electrons. The Morgan fingerprint density at radius 3 is 2.70 bits per heavy atom. The second kappa shape index (κ2) is 5.59. The summed E-state index contributed by atoms with van der Waals surface area (Å²) >= 11 is 1.29. The average Bonchev–Trinajstić information content (AvgIpc) is 3.08.